The number of hydrogen-bond acceptors (Lipinski definition) is 5. The zero-order valence-electron chi connectivity index (χ0n) is 16.0. The molecule has 0 spiro atoms. The first-order chi connectivity index (χ1) is 14.4. The van der Waals surface area contributed by atoms with E-state index in [2.05, 4.69) is 59.0 Å². The third kappa shape index (κ3) is 3.53. The molecule has 11 heteroatoms. The van der Waals surface area contributed by atoms with Gasteiger partial charge in [0.15, 0.2) is 15.9 Å². The van der Waals surface area contributed by atoms with Crippen LogP contribution in [-0.2, 0) is 20.1 Å². The topological polar surface area (TPSA) is 92.5 Å². The summed E-state index contributed by atoms with van der Waals surface area (Å²) in [5.74, 6) is 5.72. The Morgan fingerprint density at radius 3 is 2.53 bits per heavy atom. The lowest BCUT2D eigenvalue weighted by Gasteiger charge is -2.07. The highest BCUT2D eigenvalue weighted by Crippen LogP contribution is 2.16. The van der Waals surface area contributed by atoms with Crippen molar-refractivity contribution in [3.63, 3.8) is 0 Å². The molecular formula is C19H15Br2N7O2. The Labute approximate surface area is 187 Å². The zero-order chi connectivity index (χ0) is 21.4. The first-order valence-electron chi connectivity index (χ1n) is 8.83. The summed E-state index contributed by atoms with van der Waals surface area (Å²) in [6.45, 7) is 1.98. The molecule has 0 saturated heterocycles. The van der Waals surface area contributed by atoms with Crippen molar-refractivity contribution in [3.8, 4) is 17.5 Å². The fraction of sp³-hybridized carbons (Fsp3) is 0.211. The molecule has 3 heterocycles. The van der Waals surface area contributed by atoms with Gasteiger partial charge < -0.3 is 4.57 Å². The standard InChI is InChI=1S/C19H15Br2N7O2/c1-3-4-9-26-15-16(22-18(26)21)25(2)19(30)27(17(15)29)10-13-11-28(24-23-13)14-7-5-12(20)6-8-14/h5-8,11H,9-10H2,1-2H3. The second-order valence-electron chi connectivity index (χ2n) is 6.43. The van der Waals surface area contributed by atoms with Crippen LogP contribution in [-0.4, -0.2) is 33.7 Å². The van der Waals surface area contributed by atoms with E-state index >= 15 is 0 Å². The minimum Gasteiger partial charge on any atom is -0.301 e. The maximum Gasteiger partial charge on any atom is 0.332 e. The smallest absolute Gasteiger partial charge is 0.301 e. The molecule has 152 valence electrons. The second-order valence-corrected chi connectivity index (χ2v) is 8.05. The average Bonchev–Trinajstić information content (AvgIpc) is 3.33. The molecular weight excluding hydrogens is 518 g/mol. The molecule has 0 aliphatic carbocycles. The molecule has 0 bridgehead atoms. The molecule has 0 unspecified atom stereocenters. The number of aromatic nitrogens is 7. The van der Waals surface area contributed by atoms with E-state index in [-0.39, 0.29) is 13.1 Å². The lowest BCUT2D eigenvalue weighted by molar-refractivity contribution is 0.643. The van der Waals surface area contributed by atoms with Gasteiger partial charge in [-0.2, -0.15) is 0 Å². The van der Waals surface area contributed by atoms with Crippen LogP contribution in [0.2, 0.25) is 0 Å². The summed E-state index contributed by atoms with van der Waals surface area (Å²) in [7, 11) is 1.58. The predicted octanol–water partition coefficient (Wildman–Crippen LogP) is 2.07. The summed E-state index contributed by atoms with van der Waals surface area (Å²) in [5, 5.41) is 8.22. The number of nitrogens with zero attached hydrogens (tertiary/aromatic N) is 7. The fourth-order valence-electron chi connectivity index (χ4n) is 3.04. The van der Waals surface area contributed by atoms with Crippen molar-refractivity contribution in [2.45, 2.75) is 20.0 Å². The molecule has 0 amide bonds. The summed E-state index contributed by atoms with van der Waals surface area (Å²) >= 11 is 6.74. The molecule has 4 aromatic rings. The number of hydrogen-bond donors (Lipinski definition) is 0. The number of halogens is 2. The van der Waals surface area contributed by atoms with E-state index in [9.17, 15) is 9.59 Å². The summed E-state index contributed by atoms with van der Waals surface area (Å²) in [6.07, 6.45) is 1.69. The lowest BCUT2D eigenvalue weighted by atomic mass is 10.3. The minimum atomic E-state index is -0.482. The minimum absolute atomic E-state index is 0.0137. The van der Waals surface area contributed by atoms with Crippen LogP contribution in [0.5, 0.6) is 0 Å². The van der Waals surface area contributed by atoms with Crippen molar-refractivity contribution < 1.29 is 0 Å². The van der Waals surface area contributed by atoms with Gasteiger partial charge in [0.1, 0.15) is 5.69 Å². The molecule has 3 aromatic heterocycles. The third-order valence-electron chi connectivity index (χ3n) is 4.55. The molecule has 30 heavy (non-hydrogen) atoms. The Morgan fingerprint density at radius 1 is 1.10 bits per heavy atom. The van der Waals surface area contributed by atoms with Crippen LogP contribution in [0.15, 0.2) is 49.3 Å². The molecule has 0 radical (unpaired) electrons. The Balaban J connectivity index is 1.80. The molecule has 0 aliphatic rings. The van der Waals surface area contributed by atoms with Crippen molar-refractivity contribution in [1.82, 2.24) is 33.7 Å². The summed E-state index contributed by atoms with van der Waals surface area (Å²) in [5.41, 5.74) is 0.950. The second kappa shape index (κ2) is 8.04. The van der Waals surface area contributed by atoms with Gasteiger partial charge in [0.25, 0.3) is 5.56 Å². The van der Waals surface area contributed by atoms with Gasteiger partial charge >= 0.3 is 5.69 Å². The van der Waals surface area contributed by atoms with Gasteiger partial charge in [-0.05, 0) is 47.1 Å². The molecule has 0 saturated carbocycles. The van der Waals surface area contributed by atoms with Gasteiger partial charge in [0.05, 0.1) is 25.0 Å². The van der Waals surface area contributed by atoms with Crippen LogP contribution in [0.1, 0.15) is 12.6 Å². The van der Waals surface area contributed by atoms with Crippen LogP contribution in [0, 0.1) is 11.8 Å². The summed E-state index contributed by atoms with van der Waals surface area (Å²) in [6, 6.07) is 7.54. The van der Waals surface area contributed by atoms with Crippen molar-refractivity contribution in [1.29, 1.82) is 0 Å². The van der Waals surface area contributed by atoms with Crippen LogP contribution < -0.4 is 11.2 Å². The highest BCUT2D eigenvalue weighted by molar-refractivity contribution is 9.10. The van der Waals surface area contributed by atoms with Crippen molar-refractivity contribution in [2.75, 3.05) is 0 Å². The third-order valence-corrected chi connectivity index (χ3v) is 5.69. The summed E-state index contributed by atoms with van der Waals surface area (Å²) in [4.78, 5) is 30.3. The number of imidazole rings is 1. The highest BCUT2D eigenvalue weighted by atomic mass is 79.9. The van der Waals surface area contributed by atoms with E-state index < -0.39 is 11.2 Å². The van der Waals surface area contributed by atoms with Crippen molar-refractivity contribution in [2.24, 2.45) is 7.05 Å². The maximum absolute atomic E-state index is 13.2. The molecule has 0 fully saturated rings. The maximum atomic E-state index is 13.2. The van der Waals surface area contributed by atoms with Crippen molar-refractivity contribution in [3.05, 3.63) is 66.2 Å². The Kier molecular flexibility index (Phi) is 5.44. The largest absolute Gasteiger partial charge is 0.332 e. The quantitative estimate of drug-likeness (QED) is 0.296. The van der Waals surface area contributed by atoms with E-state index in [1.165, 1.54) is 4.57 Å². The van der Waals surface area contributed by atoms with E-state index in [1.54, 1.807) is 29.4 Å². The normalized spacial score (nSPS) is 10.9. The van der Waals surface area contributed by atoms with Crippen LogP contribution in [0.3, 0.4) is 0 Å². The summed E-state index contributed by atoms with van der Waals surface area (Å²) < 4.78 is 7.09. The van der Waals surface area contributed by atoms with E-state index in [4.69, 9.17) is 0 Å². The molecule has 0 atom stereocenters. The van der Waals surface area contributed by atoms with E-state index in [1.807, 2.05) is 24.3 Å². The van der Waals surface area contributed by atoms with Gasteiger partial charge in [0.2, 0.25) is 0 Å². The first kappa shape index (κ1) is 20.3. The molecule has 0 aliphatic heterocycles. The molecule has 4 rings (SSSR count). The molecule has 1 aromatic carbocycles. The number of aryl methyl sites for hydroxylation is 1. The Morgan fingerprint density at radius 2 is 1.83 bits per heavy atom. The van der Waals surface area contributed by atoms with Gasteiger partial charge in [-0.3, -0.25) is 13.9 Å². The highest BCUT2D eigenvalue weighted by Gasteiger charge is 2.19. The van der Waals surface area contributed by atoms with Gasteiger partial charge in [-0.25, -0.2) is 14.5 Å². The van der Waals surface area contributed by atoms with Crippen LogP contribution in [0.4, 0.5) is 0 Å². The van der Waals surface area contributed by atoms with Gasteiger partial charge in [-0.15, -0.1) is 11.0 Å². The number of fused-ring (bicyclic) bond motifs is 1. The predicted molar refractivity (Wildman–Crippen MR) is 119 cm³/mol. The van der Waals surface area contributed by atoms with Crippen molar-refractivity contribution >= 4 is 43.0 Å². The number of rotatable bonds is 4. The SMILES string of the molecule is CC#CCn1c(Br)nc2c1c(=O)n(Cc1cn(-c3ccc(Br)cc3)nn1)c(=O)n2C. The Hall–Kier alpha value is -2.97. The molecule has 9 nitrogen and oxygen atoms in total. The van der Waals surface area contributed by atoms with Gasteiger partial charge in [-0.1, -0.05) is 27.1 Å². The molecule has 0 N–H and O–H groups in total. The lowest BCUT2D eigenvalue weighted by Crippen LogP contribution is -2.40. The number of benzene rings is 1. The first-order valence-corrected chi connectivity index (χ1v) is 10.4. The average molecular weight is 533 g/mol. The van der Waals surface area contributed by atoms with E-state index in [0.717, 1.165) is 14.7 Å². The monoisotopic (exact) mass is 531 g/mol. The van der Waals surface area contributed by atoms with Gasteiger partial charge in [0, 0.05) is 11.5 Å². The zero-order valence-corrected chi connectivity index (χ0v) is 19.2. The van der Waals surface area contributed by atoms with Crippen LogP contribution in [0.25, 0.3) is 16.9 Å². The Bertz CT molecular complexity index is 1430. The van der Waals surface area contributed by atoms with E-state index in [0.29, 0.717) is 21.6 Å². The fourth-order valence-corrected chi connectivity index (χ4v) is 3.77. The van der Waals surface area contributed by atoms with Crippen LogP contribution >= 0.6 is 31.9 Å².